The Morgan fingerprint density at radius 2 is 2.05 bits per heavy atom. The maximum Gasteiger partial charge on any atom is 0.272 e. The van der Waals surface area contributed by atoms with E-state index >= 15 is 0 Å². The molecular formula is C15H15N3O3. The van der Waals surface area contributed by atoms with Crippen LogP contribution in [0.15, 0.2) is 42.5 Å². The molecule has 0 aliphatic rings. The summed E-state index contributed by atoms with van der Waals surface area (Å²) >= 11 is 0. The van der Waals surface area contributed by atoms with E-state index < -0.39 is 4.92 Å². The molecular weight excluding hydrogens is 270 g/mol. The van der Waals surface area contributed by atoms with Crippen molar-refractivity contribution in [2.24, 2.45) is 0 Å². The first-order valence-electron chi connectivity index (χ1n) is 6.35. The average Bonchev–Trinajstić information content (AvgIpc) is 2.38. The number of hydrogen-bond donors (Lipinski definition) is 2. The third-order valence-corrected chi connectivity index (χ3v) is 2.99. The van der Waals surface area contributed by atoms with Crippen molar-refractivity contribution in [1.29, 1.82) is 0 Å². The SMILES string of the molecule is Cc1cc(NC(=O)Cc2cccc(N)c2)ccc1[N+](=O)[O-]. The summed E-state index contributed by atoms with van der Waals surface area (Å²) in [6, 6.07) is 11.6. The van der Waals surface area contributed by atoms with E-state index in [-0.39, 0.29) is 18.0 Å². The lowest BCUT2D eigenvalue weighted by Crippen LogP contribution is -2.14. The molecule has 0 radical (unpaired) electrons. The average molecular weight is 285 g/mol. The Morgan fingerprint density at radius 1 is 1.29 bits per heavy atom. The van der Waals surface area contributed by atoms with E-state index in [1.54, 1.807) is 31.2 Å². The number of nitrogens with zero attached hydrogens (tertiary/aromatic N) is 1. The zero-order valence-corrected chi connectivity index (χ0v) is 11.5. The third-order valence-electron chi connectivity index (χ3n) is 2.99. The number of nitrogens with two attached hydrogens (primary N) is 1. The van der Waals surface area contributed by atoms with E-state index in [9.17, 15) is 14.9 Å². The standard InChI is InChI=1S/C15H15N3O3/c1-10-7-13(5-6-14(10)18(20)21)17-15(19)9-11-3-2-4-12(16)8-11/h2-8H,9,16H2,1H3,(H,17,19). The molecule has 0 aliphatic heterocycles. The number of rotatable bonds is 4. The Balaban J connectivity index is 2.06. The van der Waals surface area contributed by atoms with E-state index in [1.807, 2.05) is 6.07 Å². The number of hydrogen-bond acceptors (Lipinski definition) is 4. The quantitative estimate of drug-likeness (QED) is 0.512. The van der Waals surface area contributed by atoms with Gasteiger partial charge in [0.1, 0.15) is 0 Å². The predicted octanol–water partition coefficient (Wildman–Crippen LogP) is 2.67. The van der Waals surface area contributed by atoms with Crippen LogP contribution in [0.2, 0.25) is 0 Å². The molecule has 0 aromatic heterocycles. The molecule has 0 bridgehead atoms. The molecule has 2 aromatic carbocycles. The largest absolute Gasteiger partial charge is 0.399 e. The highest BCUT2D eigenvalue weighted by Gasteiger charge is 2.11. The number of anilines is 2. The second-order valence-corrected chi connectivity index (χ2v) is 4.73. The summed E-state index contributed by atoms with van der Waals surface area (Å²) in [6.45, 7) is 1.63. The fourth-order valence-electron chi connectivity index (χ4n) is 2.03. The smallest absolute Gasteiger partial charge is 0.272 e. The number of nitro groups is 1. The highest BCUT2D eigenvalue weighted by atomic mass is 16.6. The fourth-order valence-corrected chi connectivity index (χ4v) is 2.03. The second kappa shape index (κ2) is 6.04. The van der Waals surface area contributed by atoms with Crippen LogP contribution in [0.3, 0.4) is 0 Å². The molecule has 0 saturated heterocycles. The molecule has 21 heavy (non-hydrogen) atoms. The monoisotopic (exact) mass is 285 g/mol. The van der Waals surface area contributed by atoms with Crippen molar-refractivity contribution in [3.8, 4) is 0 Å². The van der Waals surface area contributed by atoms with E-state index in [0.717, 1.165) is 5.56 Å². The van der Waals surface area contributed by atoms with E-state index in [1.165, 1.54) is 12.1 Å². The van der Waals surface area contributed by atoms with Crippen molar-refractivity contribution in [2.45, 2.75) is 13.3 Å². The number of benzene rings is 2. The Kier molecular flexibility index (Phi) is 4.18. The number of nitrogen functional groups attached to an aromatic ring is 1. The van der Waals surface area contributed by atoms with E-state index in [0.29, 0.717) is 16.9 Å². The van der Waals surface area contributed by atoms with E-state index in [4.69, 9.17) is 5.73 Å². The molecule has 0 atom stereocenters. The first kappa shape index (κ1) is 14.5. The maximum atomic E-state index is 11.9. The molecule has 6 nitrogen and oxygen atoms in total. The molecule has 108 valence electrons. The van der Waals surface area contributed by atoms with Crippen LogP contribution in [-0.2, 0) is 11.2 Å². The summed E-state index contributed by atoms with van der Waals surface area (Å²) in [4.78, 5) is 22.2. The van der Waals surface area contributed by atoms with Gasteiger partial charge >= 0.3 is 0 Å². The zero-order chi connectivity index (χ0) is 15.4. The lowest BCUT2D eigenvalue weighted by atomic mass is 10.1. The highest BCUT2D eigenvalue weighted by molar-refractivity contribution is 5.92. The molecule has 3 N–H and O–H groups in total. The summed E-state index contributed by atoms with van der Waals surface area (Å²) in [6.07, 6.45) is 0.196. The molecule has 6 heteroatoms. The van der Waals surface area contributed by atoms with Crippen molar-refractivity contribution in [3.05, 3.63) is 63.7 Å². The number of nitro benzene ring substituents is 1. The minimum atomic E-state index is -0.451. The van der Waals surface area contributed by atoms with Crippen LogP contribution in [-0.4, -0.2) is 10.8 Å². The van der Waals surface area contributed by atoms with Crippen LogP contribution >= 0.6 is 0 Å². The number of carbonyl (C=O) groups excluding carboxylic acids is 1. The summed E-state index contributed by atoms with van der Waals surface area (Å²) in [5.41, 5.74) is 8.14. The maximum absolute atomic E-state index is 11.9. The molecule has 2 aromatic rings. The topological polar surface area (TPSA) is 98.3 Å². The van der Waals surface area contributed by atoms with Crippen LogP contribution < -0.4 is 11.1 Å². The van der Waals surface area contributed by atoms with Crippen molar-refractivity contribution in [3.63, 3.8) is 0 Å². The highest BCUT2D eigenvalue weighted by Crippen LogP contribution is 2.21. The van der Waals surface area contributed by atoms with Crippen molar-refractivity contribution in [2.75, 3.05) is 11.1 Å². The van der Waals surface area contributed by atoms with Crippen LogP contribution in [0, 0.1) is 17.0 Å². The summed E-state index contributed by atoms with van der Waals surface area (Å²) in [5, 5.41) is 13.4. The normalized spacial score (nSPS) is 10.1. The fraction of sp³-hybridized carbons (Fsp3) is 0.133. The van der Waals surface area contributed by atoms with Crippen molar-refractivity contribution >= 4 is 23.0 Å². The van der Waals surface area contributed by atoms with Crippen LogP contribution in [0.25, 0.3) is 0 Å². The van der Waals surface area contributed by atoms with Gasteiger partial charge < -0.3 is 11.1 Å². The van der Waals surface area contributed by atoms with Crippen LogP contribution in [0.5, 0.6) is 0 Å². The minimum absolute atomic E-state index is 0.0313. The Morgan fingerprint density at radius 3 is 2.67 bits per heavy atom. The first-order chi connectivity index (χ1) is 9.95. The van der Waals surface area contributed by atoms with Gasteiger partial charge in [0.05, 0.1) is 11.3 Å². The molecule has 0 unspecified atom stereocenters. The molecule has 0 saturated carbocycles. The minimum Gasteiger partial charge on any atom is -0.399 e. The molecule has 2 rings (SSSR count). The van der Waals surface area contributed by atoms with Crippen molar-refractivity contribution < 1.29 is 9.72 Å². The molecule has 0 spiro atoms. The van der Waals surface area contributed by atoms with Gasteiger partial charge in [0, 0.05) is 23.0 Å². The lowest BCUT2D eigenvalue weighted by Gasteiger charge is -2.07. The Bertz CT molecular complexity index is 698. The van der Waals surface area contributed by atoms with Gasteiger partial charge in [-0.2, -0.15) is 0 Å². The van der Waals surface area contributed by atoms with Crippen LogP contribution in [0.4, 0.5) is 17.1 Å². The van der Waals surface area contributed by atoms with E-state index in [2.05, 4.69) is 5.32 Å². The summed E-state index contributed by atoms with van der Waals surface area (Å²) in [7, 11) is 0. The van der Waals surface area contributed by atoms with Gasteiger partial charge in [0.15, 0.2) is 0 Å². The van der Waals surface area contributed by atoms with Gasteiger partial charge in [-0.25, -0.2) is 0 Å². The number of amides is 1. The Labute approximate surface area is 121 Å². The van der Waals surface area contributed by atoms with Gasteiger partial charge in [-0.15, -0.1) is 0 Å². The predicted molar refractivity (Wildman–Crippen MR) is 81.0 cm³/mol. The van der Waals surface area contributed by atoms with Gasteiger partial charge in [-0.1, -0.05) is 12.1 Å². The number of carbonyl (C=O) groups is 1. The third kappa shape index (κ3) is 3.79. The van der Waals surface area contributed by atoms with Crippen molar-refractivity contribution in [1.82, 2.24) is 0 Å². The van der Waals surface area contributed by atoms with Crippen LogP contribution in [0.1, 0.15) is 11.1 Å². The van der Waals surface area contributed by atoms with Gasteiger partial charge in [-0.3, -0.25) is 14.9 Å². The lowest BCUT2D eigenvalue weighted by molar-refractivity contribution is -0.385. The molecule has 1 amide bonds. The molecule has 0 fully saturated rings. The molecule has 0 aliphatic carbocycles. The number of aryl methyl sites for hydroxylation is 1. The van der Waals surface area contributed by atoms with Gasteiger partial charge in [0.2, 0.25) is 5.91 Å². The second-order valence-electron chi connectivity index (χ2n) is 4.73. The van der Waals surface area contributed by atoms with Gasteiger partial charge in [-0.05, 0) is 36.8 Å². The summed E-state index contributed by atoms with van der Waals surface area (Å²) < 4.78 is 0. The number of nitrogens with one attached hydrogen (secondary N) is 1. The molecule has 0 heterocycles. The first-order valence-corrected chi connectivity index (χ1v) is 6.35. The van der Waals surface area contributed by atoms with Gasteiger partial charge in [0.25, 0.3) is 5.69 Å². The summed E-state index contributed by atoms with van der Waals surface area (Å²) in [5.74, 6) is -0.200. The zero-order valence-electron chi connectivity index (χ0n) is 11.5. The Hall–Kier alpha value is -2.89.